The van der Waals surface area contributed by atoms with Gasteiger partial charge in [0.1, 0.15) is 5.82 Å². The van der Waals surface area contributed by atoms with Gasteiger partial charge in [-0.2, -0.15) is 0 Å². The van der Waals surface area contributed by atoms with Crippen LogP contribution in [-0.4, -0.2) is 23.0 Å². The minimum absolute atomic E-state index is 0.0527. The number of hydrogen-bond acceptors (Lipinski definition) is 3. The van der Waals surface area contributed by atoms with Gasteiger partial charge in [0.2, 0.25) is 5.91 Å². The number of halogens is 1. The second-order valence-corrected chi connectivity index (χ2v) is 7.17. The van der Waals surface area contributed by atoms with Gasteiger partial charge in [0.15, 0.2) is 0 Å². The Kier molecular flexibility index (Phi) is 4.60. The third-order valence-electron chi connectivity index (χ3n) is 4.75. The predicted octanol–water partition coefficient (Wildman–Crippen LogP) is 3.40. The number of fused-ring (bicyclic) bond motifs is 1. The van der Waals surface area contributed by atoms with Crippen LogP contribution in [0.15, 0.2) is 16.7 Å². The molecule has 2 heterocycles. The van der Waals surface area contributed by atoms with Crippen LogP contribution in [0.25, 0.3) is 0 Å². The summed E-state index contributed by atoms with van der Waals surface area (Å²) in [7, 11) is 0. The molecular formula is C16H22BrN3O. The summed E-state index contributed by atoms with van der Waals surface area (Å²) in [5.74, 6) is 1.49. The third-order valence-corrected chi connectivity index (χ3v) is 5.19. The smallest absolute Gasteiger partial charge is 0.242 e. The van der Waals surface area contributed by atoms with Crippen LogP contribution < -0.4 is 10.6 Å². The lowest BCUT2D eigenvalue weighted by molar-refractivity contribution is -0.119. The molecule has 0 radical (unpaired) electrons. The van der Waals surface area contributed by atoms with Crippen molar-refractivity contribution in [3.05, 3.63) is 22.3 Å². The summed E-state index contributed by atoms with van der Waals surface area (Å²) in [5, 5.41) is 6.53. The van der Waals surface area contributed by atoms with Crippen molar-refractivity contribution < 1.29 is 4.79 Å². The molecule has 2 aliphatic rings. The number of aryl methyl sites for hydroxylation is 1. The van der Waals surface area contributed by atoms with E-state index >= 15 is 0 Å². The fourth-order valence-electron chi connectivity index (χ4n) is 3.58. The van der Waals surface area contributed by atoms with Gasteiger partial charge in [0, 0.05) is 16.7 Å². The Morgan fingerprint density at radius 3 is 2.95 bits per heavy atom. The zero-order chi connectivity index (χ0) is 14.8. The van der Waals surface area contributed by atoms with Crippen LogP contribution in [0.1, 0.15) is 44.1 Å². The zero-order valence-electron chi connectivity index (χ0n) is 12.4. The highest BCUT2D eigenvalue weighted by Crippen LogP contribution is 2.32. The van der Waals surface area contributed by atoms with Crippen LogP contribution in [0.4, 0.5) is 5.82 Å². The van der Waals surface area contributed by atoms with E-state index < -0.39 is 0 Å². The van der Waals surface area contributed by atoms with Crippen molar-refractivity contribution in [1.29, 1.82) is 0 Å². The number of anilines is 1. The first-order chi connectivity index (χ1) is 10.1. The molecule has 2 fully saturated rings. The van der Waals surface area contributed by atoms with Gasteiger partial charge in [-0.05, 0) is 66.1 Å². The predicted molar refractivity (Wildman–Crippen MR) is 87.2 cm³/mol. The van der Waals surface area contributed by atoms with Crippen molar-refractivity contribution in [2.45, 2.75) is 57.5 Å². The number of carbonyl (C=O) groups is 1. The molecule has 1 aliphatic carbocycles. The van der Waals surface area contributed by atoms with E-state index in [0.29, 0.717) is 11.9 Å². The molecule has 4 nitrogen and oxygen atoms in total. The maximum Gasteiger partial charge on any atom is 0.242 e. The van der Waals surface area contributed by atoms with Gasteiger partial charge in [0.05, 0.1) is 6.04 Å². The minimum atomic E-state index is -0.0748. The molecule has 1 saturated heterocycles. The van der Waals surface area contributed by atoms with Gasteiger partial charge in [0.25, 0.3) is 0 Å². The first-order valence-electron chi connectivity index (χ1n) is 7.82. The highest BCUT2D eigenvalue weighted by atomic mass is 79.9. The fraction of sp³-hybridized carbons (Fsp3) is 0.625. The van der Waals surface area contributed by atoms with E-state index in [-0.39, 0.29) is 11.9 Å². The Labute approximate surface area is 134 Å². The third kappa shape index (κ3) is 3.46. The maximum atomic E-state index is 12.5. The van der Waals surface area contributed by atoms with Gasteiger partial charge in [-0.1, -0.05) is 12.8 Å². The van der Waals surface area contributed by atoms with Crippen molar-refractivity contribution in [3.63, 3.8) is 0 Å². The van der Waals surface area contributed by atoms with Gasteiger partial charge >= 0.3 is 0 Å². The molecule has 0 spiro atoms. The highest BCUT2D eigenvalue weighted by molar-refractivity contribution is 9.10. The lowest BCUT2D eigenvalue weighted by atomic mass is 9.77. The van der Waals surface area contributed by atoms with E-state index in [4.69, 9.17) is 0 Å². The fourth-order valence-corrected chi connectivity index (χ4v) is 4.02. The summed E-state index contributed by atoms with van der Waals surface area (Å²) in [4.78, 5) is 16.7. The summed E-state index contributed by atoms with van der Waals surface area (Å²) >= 11 is 3.39. The van der Waals surface area contributed by atoms with E-state index in [1.54, 1.807) is 6.20 Å². The van der Waals surface area contributed by atoms with E-state index in [2.05, 4.69) is 31.5 Å². The Bertz CT molecular complexity index is 534. The van der Waals surface area contributed by atoms with Crippen LogP contribution in [0.5, 0.6) is 0 Å². The Morgan fingerprint density at radius 2 is 2.14 bits per heavy atom. The summed E-state index contributed by atoms with van der Waals surface area (Å²) in [6, 6.07) is 2.42. The van der Waals surface area contributed by atoms with Gasteiger partial charge in [-0.25, -0.2) is 4.98 Å². The van der Waals surface area contributed by atoms with Crippen LogP contribution in [-0.2, 0) is 4.79 Å². The van der Waals surface area contributed by atoms with Crippen LogP contribution in [0, 0.1) is 12.8 Å². The number of rotatable bonds is 2. The lowest BCUT2D eigenvalue weighted by Crippen LogP contribution is -2.53. The number of amides is 1. The van der Waals surface area contributed by atoms with Crippen molar-refractivity contribution in [2.24, 2.45) is 5.92 Å². The second-order valence-electron chi connectivity index (χ2n) is 6.26. The summed E-state index contributed by atoms with van der Waals surface area (Å²) < 4.78 is 0.929. The largest absolute Gasteiger partial charge is 0.309 e. The van der Waals surface area contributed by atoms with E-state index in [9.17, 15) is 4.79 Å². The highest BCUT2D eigenvalue weighted by Gasteiger charge is 2.34. The van der Waals surface area contributed by atoms with Crippen LogP contribution >= 0.6 is 15.9 Å². The summed E-state index contributed by atoms with van der Waals surface area (Å²) in [6.07, 6.45) is 8.99. The van der Waals surface area contributed by atoms with Crippen molar-refractivity contribution in [2.75, 3.05) is 5.32 Å². The molecule has 0 bridgehead atoms. The molecule has 1 aromatic heterocycles. The number of carbonyl (C=O) groups excluding carboxylic acids is 1. The summed E-state index contributed by atoms with van der Waals surface area (Å²) in [5.41, 5.74) is 0.976. The Hall–Kier alpha value is -0.940. The molecule has 1 aromatic rings. The summed E-state index contributed by atoms with van der Waals surface area (Å²) in [6.45, 7) is 1.96. The second kappa shape index (κ2) is 6.44. The molecule has 5 heteroatoms. The number of pyridine rings is 1. The monoisotopic (exact) mass is 351 g/mol. The molecule has 1 saturated carbocycles. The SMILES string of the molecule is Cc1cc(Br)cnc1NC(=O)C1CCC2CCCCC2N1. The first kappa shape index (κ1) is 15.0. The standard InChI is InChI=1S/C16H22BrN3O/c1-10-8-12(17)9-18-15(10)20-16(21)14-7-6-11-4-2-3-5-13(11)19-14/h8-9,11,13-14,19H,2-7H2,1H3,(H,18,20,21). The molecule has 1 amide bonds. The van der Waals surface area contributed by atoms with Gasteiger partial charge < -0.3 is 10.6 Å². The molecule has 2 N–H and O–H groups in total. The van der Waals surface area contributed by atoms with Gasteiger partial charge in [-0.15, -0.1) is 0 Å². The van der Waals surface area contributed by atoms with Gasteiger partial charge in [-0.3, -0.25) is 4.79 Å². The number of nitrogens with one attached hydrogen (secondary N) is 2. The first-order valence-corrected chi connectivity index (χ1v) is 8.62. The molecule has 114 valence electrons. The minimum Gasteiger partial charge on any atom is -0.309 e. The Balaban J connectivity index is 1.63. The average Bonchev–Trinajstić information content (AvgIpc) is 2.49. The zero-order valence-corrected chi connectivity index (χ0v) is 13.9. The quantitative estimate of drug-likeness (QED) is 0.858. The number of piperidine rings is 1. The molecular weight excluding hydrogens is 330 g/mol. The van der Waals surface area contributed by atoms with Crippen LogP contribution in [0.2, 0.25) is 0 Å². The van der Waals surface area contributed by atoms with E-state index in [1.807, 2.05) is 13.0 Å². The van der Waals surface area contributed by atoms with Crippen molar-refractivity contribution in [1.82, 2.24) is 10.3 Å². The van der Waals surface area contributed by atoms with Crippen molar-refractivity contribution in [3.8, 4) is 0 Å². The molecule has 21 heavy (non-hydrogen) atoms. The molecule has 1 aliphatic heterocycles. The normalized spacial score (nSPS) is 28.8. The molecule has 0 aromatic carbocycles. The molecule has 3 atom stereocenters. The maximum absolute atomic E-state index is 12.5. The average molecular weight is 352 g/mol. The Morgan fingerprint density at radius 1 is 1.33 bits per heavy atom. The molecule has 3 rings (SSSR count). The number of aromatic nitrogens is 1. The number of nitrogens with zero attached hydrogens (tertiary/aromatic N) is 1. The van der Waals surface area contributed by atoms with Crippen molar-refractivity contribution >= 4 is 27.7 Å². The topological polar surface area (TPSA) is 54.0 Å². The lowest BCUT2D eigenvalue weighted by Gasteiger charge is -2.39. The van der Waals surface area contributed by atoms with Crippen LogP contribution in [0.3, 0.4) is 0 Å². The molecule has 3 unspecified atom stereocenters. The van der Waals surface area contributed by atoms with E-state index in [0.717, 1.165) is 22.4 Å². The number of hydrogen-bond donors (Lipinski definition) is 2. The van der Waals surface area contributed by atoms with E-state index in [1.165, 1.54) is 32.1 Å².